The molecule has 9 heteroatoms. The van der Waals surface area contributed by atoms with Crippen molar-refractivity contribution >= 4 is 17.9 Å². The molecule has 0 radical (unpaired) electrons. The Labute approximate surface area is 573 Å². The van der Waals surface area contributed by atoms with E-state index in [0.717, 1.165) is 44.9 Å². The molecule has 9 nitrogen and oxygen atoms in total. The van der Waals surface area contributed by atoms with Crippen molar-refractivity contribution in [2.45, 2.75) is 444 Å². The zero-order valence-electron chi connectivity index (χ0n) is 62.5. The number of aliphatic carboxylic acids is 1. The van der Waals surface area contributed by atoms with Crippen molar-refractivity contribution in [3.05, 3.63) is 24.3 Å². The van der Waals surface area contributed by atoms with Gasteiger partial charge in [-0.25, -0.2) is 0 Å². The second-order valence-electron chi connectivity index (χ2n) is 29.4. The molecule has 0 saturated carbocycles. The molecule has 0 aliphatic heterocycles. The van der Waals surface area contributed by atoms with E-state index in [9.17, 15) is 19.5 Å². The number of ether oxygens (including phenoxy) is 4. The molecule has 0 aromatic carbocycles. The minimum Gasteiger partial charge on any atom is -0.545 e. The number of hydrogen-bond donors (Lipinski definition) is 0. The summed E-state index contributed by atoms with van der Waals surface area (Å²) in [7, 11) is 5.96. The number of esters is 2. The van der Waals surface area contributed by atoms with Gasteiger partial charge in [0, 0.05) is 12.8 Å². The number of carbonyl (C=O) groups excluding carboxylic acids is 3. The summed E-state index contributed by atoms with van der Waals surface area (Å²) in [5.74, 6) is -2.24. The Hall–Kier alpha value is -2.23. The van der Waals surface area contributed by atoms with Crippen LogP contribution in [0.3, 0.4) is 0 Å². The third kappa shape index (κ3) is 75.2. The molecule has 0 saturated heterocycles. The zero-order chi connectivity index (χ0) is 66.8. The summed E-state index contributed by atoms with van der Waals surface area (Å²) < 4.78 is 22.9. The van der Waals surface area contributed by atoms with Crippen LogP contribution in [0.2, 0.25) is 0 Å². The van der Waals surface area contributed by atoms with E-state index in [4.69, 9.17) is 18.9 Å². The zero-order valence-corrected chi connectivity index (χ0v) is 62.5. The fourth-order valence-electron chi connectivity index (χ4n) is 12.7. The number of carbonyl (C=O) groups is 3. The highest BCUT2D eigenvalue weighted by atomic mass is 16.7. The number of nitrogens with zero attached hydrogens (tertiary/aromatic N) is 1. The third-order valence-corrected chi connectivity index (χ3v) is 19.0. The lowest BCUT2D eigenvalue weighted by atomic mass is 10.0. The van der Waals surface area contributed by atoms with Gasteiger partial charge in [0.25, 0.3) is 0 Å². The first-order valence-corrected chi connectivity index (χ1v) is 41.0. The normalized spacial score (nSPS) is 12.7. The number of hydrogen-bond acceptors (Lipinski definition) is 8. The van der Waals surface area contributed by atoms with Gasteiger partial charge in [-0.2, -0.15) is 0 Å². The molecule has 0 aromatic heterocycles. The van der Waals surface area contributed by atoms with Crippen molar-refractivity contribution in [1.82, 2.24) is 0 Å². The Morgan fingerprint density at radius 2 is 0.587 bits per heavy atom. The Kier molecular flexibility index (Phi) is 72.8. The molecule has 2 unspecified atom stereocenters. The smallest absolute Gasteiger partial charge is 0.306 e. The molecule has 0 fully saturated rings. The molecule has 0 aromatic rings. The van der Waals surface area contributed by atoms with Gasteiger partial charge in [0.1, 0.15) is 13.2 Å². The summed E-state index contributed by atoms with van der Waals surface area (Å²) >= 11 is 0. The highest BCUT2D eigenvalue weighted by Crippen LogP contribution is 2.20. The fraction of sp³-hybridized carbons (Fsp3) is 0.916. The Balaban J connectivity index is 3.94. The molecule has 2 atom stereocenters. The first kappa shape index (κ1) is 89.8. The first-order chi connectivity index (χ1) is 45.1. The van der Waals surface area contributed by atoms with E-state index in [1.165, 1.54) is 360 Å². The first-order valence-electron chi connectivity index (χ1n) is 41.0. The van der Waals surface area contributed by atoms with Crippen molar-refractivity contribution in [2.24, 2.45) is 0 Å². The van der Waals surface area contributed by atoms with Crippen LogP contribution in [0.5, 0.6) is 0 Å². The highest BCUT2D eigenvalue weighted by molar-refractivity contribution is 5.70. The standard InChI is InChI=1S/C83H159NO8/c1-6-8-10-12-14-16-18-20-22-24-26-28-30-32-34-36-38-39-40-41-42-43-44-46-48-50-52-54-56-58-60-62-64-66-68-70-72-74-81(86)92-79(78-91-83(82(87)88)89-76-75-84(3,4)5)77-90-80(85)73-71-69-67-65-63-61-59-57-55-53-51-49-47-45-37-35-33-31-29-27-25-23-21-19-17-15-13-11-9-7-2/h18,20,24,26,79,83H,6-17,19,21-23,25,27-78H2,1-5H3/b20-18-,26-24-. The average Bonchev–Trinajstić information content (AvgIpc) is 3.75. The van der Waals surface area contributed by atoms with E-state index in [-0.39, 0.29) is 32.2 Å². The molecule has 544 valence electrons. The van der Waals surface area contributed by atoms with Crippen LogP contribution >= 0.6 is 0 Å². The van der Waals surface area contributed by atoms with E-state index < -0.39 is 24.3 Å². The van der Waals surface area contributed by atoms with Crippen molar-refractivity contribution in [1.29, 1.82) is 0 Å². The van der Waals surface area contributed by atoms with Gasteiger partial charge >= 0.3 is 11.9 Å². The van der Waals surface area contributed by atoms with Gasteiger partial charge in [-0.3, -0.25) is 9.59 Å². The molecule has 0 aliphatic carbocycles. The fourth-order valence-corrected chi connectivity index (χ4v) is 12.7. The molecular weight excluding hydrogens is 1140 g/mol. The van der Waals surface area contributed by atoms with Crippen LogP contribution < -0.4 is 5.11 Å². The molecule has 0 N–H and O–H groups in total. The highest BCUT2D eigenvalue weighted by Gasteiger charge is 2.22. The van der Waals surface area contributed by atoms with E-state index in [0.29, 0.717) is 17.4 Å². The minimum absolute atomic E-state index is 0.152. The van der Waals surface area contributed by atoms with Crippen LogP contribution in [0, 0.1) is 0 Å². The van der Waals surface area contributed by atoms with Crippen molar-refractivity contribution in [3.63, 3.8) is 0 Å². The minimum atomic E-state index is -1.62. The lowest BCUT2D eigenvalue weighted by molar-refractivity contribution is -0.870. The predicted octanol–water partition coefficient (Wildman–Crippen LogP) is 24.8. The van der Waals surface area contributed by atoms with Crippen molar-refractivity contribution < 1.29 is 42.9 Å². The van der Waals surface area contributed by atoms with Crippen LogP contribution in [-0.2, 0) is 33.3 Å². The summed E-state index contributed by atoms with van der Waals surface area (Å²) in [5, 5.41) is 11.9. The molecule has 0 aliphatic rings. The topological polar surface area (TPSA) is 111 Å². The number of carboxylic acid groups (broad SMARTS) is 1. The molecule has 0 rings (SSSR count). The van der Waals surface area contributed by atoms with E-state index >= 15 is 0 Å². The molecule has 0 spiro atoms. The van der Waals surface area contributed by atoms with Gasteiger partial charge in [-0.1, -0.05) is 398 Å². The number of rotatable bonds is 78. The SMILES string of the molecule is CCCCCCC/C=C\C/C=C\CCCCCCCCCCCCCCCCCCCCCCCCCCCC(=O)OC(COC(=O)CCCCCCCCCCCCCCCCCCCCCCCCCCCCCCCC)COC(OCC[N+](C)(C)C)C(=O)[O-]. The Bertz CT molecular complexity index is 1560. The van der Waals surface area contributed by atoms with Crippen LogP contribution in [0.4, 0.5) is 0 Å². The van der Waals surface area contributed by atoms with Gasteiger partial charge in [0.2, 0.25) is 0 Å². The van der Waals surface area contributed by atoms with E-state index in [1.54, 1.807) is 0 Å². The third-order valence-electron chi connectivity index (χ3n) is 19.0. The largest absolute Gasteiger partial charge is 0.545 e. The van der Waals surface area contributed by atoms with Crippen molar-refractivity contribution in [2.75, 3.05) is 47.5 Å². The summed E-state index contributed by atoms with van der Waals surface area (Å²) in [6, 6.07) is 0. The number of unbranched alkanes of at least 4 members (excludes halogenated alkanes) is 59. The second-order valence-corrected chi connectivity index (χ2v) is 29.4. The molecule has 0 amide bonds. The monoisotopic (exact) mass is 1300 g/mol. The van der Waals surface area contributed by atoms with E-state index in [1.807, 2.05) is 21.1 Å². The maximum Gasteiger partial charge on any atom is 0.306 e. The van der Waals surface area contributed by atoms with Crippen LogP contribution in [-0.4, -0.2) is 82.3 Å². The maximum absolute atomic E-state index is 13.0. The summed E-state index contributed by atoms with van der Waals surface area (Å²) in [5.41, 5.74) is 0. The van der Waals surface area contributed by atoms with Crippen LogP contribution in [0.15, 0.2) is 24.3 Å². The van der Waals surface area contributed by atoms with Crippen molar-refractivity contribution in [3.8, 4) is 0 Å². The van der Waals surface area contributed by atoms with E-state index in [2.05, 4.69) is 38.2 Å². The summed E-state index contributed by atoms with van der Waals surface area (Å²) in [6.07, 6.45) is 91.8. The van der Waals surface area contributed by atoms with Gasteiger partial charge in [0.05, 0.1) is 40.3 Å². The molecule has 92 heavy (non-hydrogen) atoms. The number of quaternary nitrogens is 1. The summed E-state index contributed by atoms with van der Waals surface area (Å²) in [4.78, 5) is 37.6. The van der Waals surface area contributed by atoms with Gasteiger partial charge in [-0.05, 0) is 44.9 Å². The average molecular weight is 1300 g/mol. The molecule has 0 bridgehead atoms. The van der Waals surface area contributed by atoms with Crippen LogP contribution in [0.25, 0.3) is 0 Å². The van der Waals surface area contributed by atoms with Gasteiger partial charge < -0.3 is 33.3 Å². The Morgan fingerprint density at radius 3 is 0.859 bits per heavy atom. The number of allylic oxidation sites excluding steroid dienone is 4. The van der Waals surface area contributed by atoms with Crippen LogP contribution in [0.1, 0.15) is 431 Å². The lowest BCUT2D eigenvalue weighted by Gasteiger charge is -2.26. The quantitative estimate of drug-likeness (QED) is 0.0195. The molecule has 0 heterocycles. The predicted molar refractivity (Wildman–Crippen MR) is 394 cm³/mol. The number of likely N-dealkylation sites (N-methyl/N-ethyl adjacent to an activating group) is 1. The second kappa shape index (κ2) is 74.6. The number of carboxylic acids is 1. The summed E-state index contributed by atoms with van der Waals surface area (Å²) in [6.45, 7) is 4.83. The molecular formula is C83H159NO8. The maximum atomic E-state index is 13.0. The van der Waals surface area contributed by atoms with Gasteiger partial charge in [0.15, 0.2) is 12.4 Å². The Morgan fingerprint density at radius 1 is 0.326 bits per heavy atom. The lowest BCUT2D eigenvalue weighted by Crippen LogP contribution is -2.44. The van der Waals surface area contributed by atoms with Gasteiger partial charge in [-0.15, -0.1) is 0 Å².